The summed E-state index contributed by atoms with van der Waals surface area (Å²) in [6, 6.07) is 8.76. The summed E-state index contributed by atoms with van der Waals surface area (Å²) in [6.45, 7) is 0. The highest BCUT2D eigenvalue weighted by Crippen LogP contribution is 2.26. The maximum atomic E-state index is 11.9. The van der Waals surface area contributed by atoms with Crippen LogP contribution < -0.4 is 5.32 Å². The van der Waals surface area contributed by atoms with Crippen LogP contribution in [0, 0.1) is 0 Å². The molecule has 0 fully saturated rings. The lowest BCUT2D eigenvalue weighted by Gasteiger charge is -2.01. The number of nitrogens with zero attached hydrogens (tertiary/aromatic N) is 1. The number of halogens is 2. The van der Waals surface area contributed by atoms with Gasteiger partial charge in [-0.05, 0) is 29.8 Å². The zero-order chi connectivity index (χ0) is 15.5. The third-order valence-electron chi connectivity index (χ3n) is 2.88. The first-order valence-electron chi connectivity index (χ1n) is 6.35. The lowest BCUT2D eigenvalue weighted by Crippen LogP contribution is -2.10. The van der Waals surface area contributed by atoms with E-state index in [0.29, 0.717) is 21.6 Å². The van der Waals surface area contributed by atoms with Gasteiger partial charge in [0.25, 0.3) is 5.91 Å². The van der Waals surface area contributed by atoms with E-state index >= 15 is 0 Å². The molecule has 0 saturated heterocycles. The summed E-state index contributed by atoms with van der Waals surface area (Å²) in [7, 11) is 0. The topological polar surface area (TPSA) is 55.1 Å². The molecule has 3 aromatic rings. The minimum atomic E-state index is -0.319. The number of thiazole rings is 1. The minimum Gasteiger partial charge on any atom is -0.459 e. The van der Waals surface area contributed by atoms with Crippen molar-refractivity contribution < 1.29 is 9.21 Å². The van der Waals surface area contributed by atoms with Crippen molar-refractivity contribution in [1.29, 1.82) is 0 Å². The number of aromatic nitrogens is 1. The fourth-order valence-corrected chi connectivity index (χ4v) is 3.03. The number of amides is 1. The number of furan rings is 1. The predicted molar refractivity (Wildman–Crippen MR) is 88.0 cm³/mol. The van der Waals surface area contributed by atoms with Gasteiger partial charge >= 0.3 is 0 Å². The molecule has 3 rings (SSSR count). The van der Waals surface area contributed by atoms with Crippen LogP contribution in [-0.4, -0.2) is 10.9 Å². The van der Waals surface area contributed by atoms with Crippen LogP contribution in [0.3, 0.4) is 0 Å². The number of carbonyl (C=O) groups is 1. The summed E-state index contributed by atoms with van der Waals surface area (Å²) in [5.41, 5.74) is 1.03. The molecule has 0 spiro atoms. The molecule has 112 valence electrons. The number of nitrogens with one attached hydrogen (secondary N) is 1. The molecule has 22 heavy (non-hydrogen) atoms. The number of rotatable bonds is 4. The van der Waals surface area contributed by atoms with Gasteiger partial charge in [0.15, 0.2) is 10.9 Å². The van der Waals surface area contributed by atoms with Crippen molar-refractivity contribution in [3.05, 3.63) is 69.0 Å². The maximum absolute atomic E-state index is 11.9. The smallest absolute Gasteiger partial charge is 0.293 e. The van der Waals surface area contributed by atoms with Crippen molar-refractivity contribution in [2.75, 3.05) is 5.32 Å². The fourth-order valence-electron chi connectivity index (χ4n) is 1.86. The normalized spacial score (nSPS) is 10.6. The van der Waals surface area contributed by atoms with Crippen molar-refractivity contribution in [3.8, 4) is 0 Å². The third kappa shape index (κ3) is 3.50. The van der Waals surface area contributed by atoms with Crippen LogP contribution in [0.2, 0.25) is 10.0 Å². The molecule has 2 heterocycles. The van der Waals surface area contributed by atoms with E-state index in [0.717, 1.165) is 10.4 Å². The zero-order valence-electron chi connectivity index (χ0n) is 11.2. The van der Waals surface area contributed by atoms with E-state index in [-0.39, 0.29) is 11.7 Å². The van der Waals surface area contributed by atoms with Gasteiger partial charge in [0, 0.05) is 17.5 Å². The summed E-state index contributed by atoms with van der Waals surface area (Å²) in [4.78, 5) is 17.1. The average molecular weight is 353 g/mol. The molecule has 0 aliphatic rings. The quantitative estimate of drug-likeness (QED) is 0.727. The Morgan fingerprint density at radius 2 is 2.14 bits per heavy atom. The van der Waals surface area contributed by atoms with Crippen molar-refractivity contribution in [1.82, 2.24) is 4.98 Å². The molecule has 4 nitrogen and oxygen atoms in total. The number of benzene rings is 1. The SMILES string of the molecule is O=C(Nc1ncc(Cc2ccc(Cl)c(Cl)c2)s1)c1ccco1. The molecule has 0 atom stereocenters. The van der Waals surface area contributed by atoms with Crippen LogP contribution in [0.1, 0.15) is 21.0 Å². The van der Waals surface area contributed by atoms with Gasteiger partial charge in [0.1, 0.15) is 0 Å². The van der Waals surface area contributed by atoms with Crippen LogP contribution >= 0.6 is 34.5 Å². The second-order valence-corrected chi connectivity index (χ2v) is 6.42. The summed E-state index contributed by atoms with van der Waals surface area (Å²) in [5, 5.41) is 4.28. The Morgan fingerprint density at radius 3 is 2.86 bits per heavy atom. The van der Waals surface area contributed by atoms with Gasteiger partial charge in [-0.3, -0.25) is 10.1 Å². The van der Waals surface area contributed by atoms with Gasteiger partial charge < -0.3 is 4.42 Å². The molecule has 2 aromatic heterocycles. The highest BCUT2D eigenvalue weighted by molar-refractivity contribution is 7.15. The fraction of sp³-hybridized carbons (Fsp3) is 0.0667. The Labute approximate surface area is 140 Å². The van der Waals surface area contributed by atoms with Gasteiger partial charge in [-0.25, -0.2) is 4.98 Å². The Hall–Kier alpha value is -1.82. The molecule has 7 heteroatoms. The van der Waals surface area contributed by atoms with Crippen LogP contribution in [0.5, 0.6) is 0 Å². The lowest BCUT2D eigenvalue weighted by atomic mass is 10.1. The van der Waals surface area contributed by atoms with E-state index in [1.165, 1.54) is 17.6 Å². The van der Waals surface area contributed by atoms with Crippen molar-refractivity contribution >= 4 is 45.6 Å². The highest BCUT2D eigenvalue weighted by Gasteiger charge is 2.11. The molecule has 0 aliphatic carbocycles. The molecule has 0 radical (unpaired) electrons. The number of carbonyl (C=O) groups excluding carboxylic acids is 1. The van der Waals surface area contributed by atoms with Gasteiger partial charge in [0.2, 0.25) is 0 Å². The summed E-state index contributed by atoms with van der Waals surface area (Å²) < 4.78 is 5.03. The molecule has 1 amide bonds. The first-order chi connectivity index (χ1) is 10.6. The average Bonchev–Trinajstić information content (AvgIpc) is 3.15. The highest BCUT2D eigenvalue weighted by atomic mass is 35.5. The Balaban J connectivity index is 1.68. The standard InChI is InChI=1S/C15H10Cl2N2O2S/c16-11-4-3-9(7-12(11)17)6-10-8-18-15(22-10)19-14(20)13-2-1-5-21-13/h1-5,7-8H,6H2,(H,18,19,20). The monoisotopic (exact) mass is 352 g/mol. The van der Waals surface area contributed by atoms with Crippen LogP contribution in [0.15, 0.2) is 47.2 Å². The molecule has 0 aliphatic heterocycles. The van der Waals surface area contributed by atoms with Crippen LogP contribution in [0.4, 0.5) is 5.13 Å². The predicted octanol–water partition coefficient (Wildman–Crippen LogP) is 4.89. The summed E-state index contributed by atoms with van der Waals surface area (Å²) in [5.74, 6) is -0.0679. The van der Waals surface area contributed by atoms with E-state index in [2.05, 4.69) is 10.3 Å². The first kappa shape index (κ1) is 15.1. The van der Waals surface area contributed by atoms with E-state index in [1.54, 1.807) is 24.4 Å². The first-order valence-corrected chi connectivity index (χ1v) is 7.92. The van der Waals surface area contributed by atoms with E-state index in [9.17, 15) is 4.79 Å². The molecule has 0 saturated carbocycles. The van der Waals surface area contributed by atoms with Gasteiger partial charge in [-0.1, -0.05) is 29.3 Å². The Morgan fingerprint density at radius 1 is 1.27 bits per heavy atom. The van der Waals surface area contributed by atoms with Crippen LogP contribution in [0.25, 0.3) is 0 Å². The molecular formula is C15H10Cl2N2O2S. The minimum absolute atomic E-state index is 0.251. The number of hydrogen-bond donors (Lipinski definition) is 1. The maximum Gasteiger partial charge on any atom is 0.293 e. The van der Waals surface area contributed by atoms with Crippen LogP contribution in [-0.2, 0) is 6.42 Å². The Bertz CT molecular complexity index is 800. The zero-order valence-corrected chi connectivity index (χ0v) is 13.5. The van der Waals surface area contributed by atoms with Crippen molar-refractivity contribution in [2.24, 2.45) is 0 Å². The summed E-state index contributed by atoms with van der Waals surface area (Å²) >= 11 is 13.3. The largest absolute Gasteiger partial charge is 0.459 e. The third-order valence-corrected chi connectivity index (χ3v) is 4.53. The number of hydrogen-bond acceptors (Lipinski definition) is 4. The van der Waals surface area contributed by atoms with Gasteiger partial charge in [-0.15, -0.1) is 11.3 Å². The van der Waals surface area contributed by atoms with E-state index < -0.39 is 0 Å². The molecule has 1 aromatic carbocycles. The molecular weight excluding hydrogens is 343 g/mol. The summed E-state index contributed by atoms with van der Waals surface area (Å²) in [6.07, 6.45) is 3.85. The van der Waals surface area contributed by atoms with E-state index in [4.69, 9.17) is 27.6 Å². The van der Waals surface area contributed by atoms with Gasteiger partial charge in [0.05, 0.1) is 16.3 Å². The molecule has 0 bridgehead atoms. The molecule has 0 unspecified atom stereocenters. The lowest BCUT2D eigenvalue weighted by molar-refractivity contribution is 0.0996. The second kappa shape index (κ2) is 6.52. The van der Waals surface area contributed by atoms with Gasteiger partial charge in [-0.2, -0.15) is 0 Å². The van der Waals surface area contributed by atoms with Crippen molar-refractivity contribution in [3.63, 3.8) is 0 Å². The van der Waals surface area contributed by atoms with E-state index in [1.807, 2.05) is 12.1 Å². The Kier molecular flexibility index (Phi) is 4.47. The molecule has 1 N–H and O–H groups in total. The second-order valence-electron chi connectivity index (χ2n) is 4.49. The van der Waals surface area contributed by atoms with Crippen molar-refractivity contribution in [2.45, 2.75) is 6.42 Å². The number of anilines is 1.